The van der Waals surface area contributed by atoms with Crippen LogP contribution in [-0.4, -0.2) is 25.5 Å². The Morgan fingerprint density at radius 2 is 1.46 bits per heavy atom. The molecule has 0 atom stereocenters. The van der Waals surface area contributed by atoms with Gasteiger partial charge in [-0.15, -0.1) is 0 Å². The van der Waals surface area contributed by atoms with Gasteiger partial charge in [0, 0.05) is 6.54 Å². The minimum absolute atomic E-state index is 0.671. The molecule has 0 aromatic rings. The van der Waals surface area contributed by atoms with Crippen molar-refractivity contribution < 1.29 is 0 Å². The molecule has 0 aromatic carbocycles. The molecule has 0 aromatic heterocycles. The Morgan fingerprint density at radius 1 is 1.00 bits per heavy atom. The van der Waals surface area contributed by atoms with Crippen LogP contribution in [0.5, 0.6) is 0 Å². The second kappa shape index (κ2) is 5.43. The van der Waals surface area contributed by atoms with E-state index in [1.807, 2.05) is 0 Å². The molecule has 13 heavy (non-hydrogen) atoms. The number of hydrogen-bond acceptors (Lipinski definition) is 1. The summed E-state index contributed by atoms with van der Waals surface area (Å²) in [6.07, 6.45) is 0. The lowest BCUT2D eigenvalue weighted by atomic mass is 9.91. The van der Waals surface area contributed by atoms with Crippen LogP contribution in [0.15, 0.2) is 11.1 Å². The van der Waals surface area contributed by atoms with Crippen molar-refractivity contribution >= 4 is 0 Å². The van der Waals surface area contributed by atoms with E-state index in [9.17, 15) is 0 Å². The summed E-state index contributed by atoms with van der Waals surface area (Å²) < 4.78 is 0. The second-order valence-corrected chi connectivity index (χ2v) is 4.76. The van der Waals surface area contributed by atoms with Gasteiger partial charge in [0.25, 0.3) is 0 Å². The smallest absolute Gasteiger partial charge is 0.0192 e. The largest absolute Gasteiger partial charge is 0.305 e. The van der Waals surface area contributed by atoms with Crippen molar-refractivity contribution in [2.24, 2.45) is 11.8 Å². The molecular weight excluding hydrogens is 158 g/mol. The maximum Gasteiger partial charge on any atom is 0.0192 e. The van der Waals surface area contributed by atoms with Crippen LogP contribution < -0.4 is 0 Å². The van der Waals surface area contributed by atoms with Crippen LogP contribution in [0, 0.1) is 11.8 Å². The molecule has 0 spiro atoms. The third kappa shape index (κ3) is 4.47. The molecule has 1 heteroatoms. The molecule has 0 rings (SSSR count). The molecule has 0 fully saturated rings. The molecule has 0 saturated heterocycles. The zero-order valence-electron chi connectivity index (χ0n) is 10.3. The van der Waals surface area contributed by atoms with Gasteiger partial charge in [0.2, 0.25) is 0 Å². The average molecular weight is 183 g/mol. The molecule has 0 saturated carbocycles. The van der Waals surface area contributed by atoms with Crippen LogP contribution in [0.25, 0.3) is 0 Å². The van der Waals surface area contributed by atoms with Crippen LogP contribution in [0.1, 0.15) is 34.6 Å². The Balaban J connectivity index is 4.67. The van der Waals surface area contributed by atoms with Gasteiger partial charge >= 0.3 is 0 Å². The molecule has 0 unspecified atom stereocenters. The first kappa shape index (κ1) is 12.7. The van der Waals surface area contributed by atoms with Gasteiger partial charge in [-0.3, -0.25) is 0 Å². The number of likely N-dealkylation sites (N-methyl/N-ethyl adjacent to an activating group) is 1. The van der Waals surface area contributed by atoms with Crippen molar-refractivity contribution in [3.63, 3.8) is 0 Å². The first-order valence-electron chi connectivity index (χ1n) is 5.20. The number of rotatable bonds is 4. The first-order valence-corrected chi connectivity index (χ1v) is 5.20. The molecule has 0 bridgehead atoms. The number of nitrogens with zero attached hydrogens (tertiary/aromatic N) is 1. The highest BCUT2D eigenvalue weighted by Crippen LogP contribution is 2.21. The Labute approximate surface area is 83.8 Å². The maximum atomic E-state index is 2.28. The summed E-state index contributed by atoms with van der Waals surface area (Å²) >= 11 is 0. The van der Waals surface area contributed by atoms with E-state index >= 15 is 0 Å². The van der Waals surface area contributed by atoms with Crippen molar-refractivity contribution in [3.8, 4) is 0 Å². The summed E-state index contributed by atoms with van der Waals surface area (Å²) in [5.74, 6) is 1.35. The monoisotopic (exact) mass is 183 g/mol. The van der Waals surface area contributed by atoms with E-state index in [0.29, 0.717) is 11.8 Å². The predicted octanol–water partition coefficient (Wildman–Crippen LogP) is 3.18. The van der Waals surface area contributed by atoms with Crippen molar-refractivity contribution in [2.45, 2.75) is 34.6 Å². The van der Waals surface area contributed by atoms with Gasteiger partial charge < -0.3 is 4.90 Å². The molecule has 0 aliphatic heterocycles. The Bertz CT molecular complexity index is 176. The Morgan fingerprint density at radius 3 is 1.69 bits per heavy atom. The third-order valence-electron chi connectivity index (χ3n) is 2.56. The summed E-state index contributed by atoms with van der Waals surface area (Å²) in [5, 5.41) is 0. The van der Waals surface area contributed by atoms with E-state index in [1.165, 1.54) is 0 Å². The van der Waals surface area contributed by atoms with Gasteiger partial charge in [-0.1, -0.05) is 38.8 Å². The zero-order chi connectivity index (χ0) is 10.6. The average Bonchev–Trinajstić information content (AvgIpc) is 1.97. The fourth-order valence-corrected chi connectivity index (χ4v) is 1.47. The topological polar surface area (TPSA) is 3.24 Å². The van der Waals surface area contributed by atoms with Gasteiger partial charge in [-0.05, 0) is 32.9 Å². The SMILES string of the molecule is C/C(=C(\CN(C)C)C(C)C)C(C)C. The summed E-state index contributed by atoms with van der Waals surface area (Å²) in [6, 6.07) is 0. The molecule has 78 valence electrons. The summed E-state index contributed by atoms with van der Waals surface area (Å²) in [7, 11) is 4.27. The molecule has 0 N–H and O–H groups in total. The number of hydrogen-bond donors (Lipinski definition) is 0. The molecule has 1 nitrogen and oxygen atoms in total. The predicted molar refractivity (Wildman–Crippen MR) is 60.9 cm³/mol. The lowest BCUT2D eigenvalue weighted by Gasteiger charge is -2.21. The van der Waals surface area contributed by atoms with Gasteiger partial charge in [0.05, 0.1) is 0 Å². The van der Waals surface area contributed by atoms with E-state index in [1.54, 1.807) is 11.1 Å². The molecule has 0 heterocycles. The van der Waals surface area contributed by atoms with E-state index in [0.717, 1.165) is 6.54 Å². The van der Waals surface area contributed by atoms with Crippen LogP contribution in [-0.2, 0) is 0 Å². The van der Waals surface area contributed by atoms with E-state index in [2.05, 4.69) is 53.6 Å². The van der Waals surface area contributed by atoms with Crippen LogP contribution in [0.3, 0.4) is 0 Å². The van der Waals surface area contributed by atoms with Crippen molar-refractivity contribution in [3.05, 3.63) is 11.1 Å². The quantitative estimate of drug-likeness (QED) is 0.605. The minimum atomic E-state index is 0.671. The standard InChI is InChI=1S/C12H25N/c1-9(2)11(5)12(10(3)4)8-13(6)7/h9-10H,8H2,1-7H3/b12-11-. The van der Waals surface area contributed by atoms with Gasteiger partial charge in [-0.2, -0.15) is 0 Å². The normalized spacial score (nSPS) is 14.3. The maximum absolute atomic E-state index is 2.28. The highest BCUT2D eigenvalue weighted by atomic mass is 15.0. The molecule has 0 amide bonds. The van der Waals surface area contributed by atoms with Crippen molar-refractivity contribution in [2.75, 3.05) is 20.6 Å². The highest BCUT2D eigenvalue weighted by molar-refractivity contribution is 5.17. The van der Waals surface area contributed by atoms with E-state index in [-0.39, 0.29) is 0 Å². The zero-order valence-corrected chi connectivity index (χ0v) is 10.3. The van der Waals surface area contributed by atoms with Gasteiger partial charge in [0.1, 0.15) is 0 Å². The fourth-order valence-electron chi connectivity index (χ4n) is 1.47. The molecular formula is C12H25N. The van der Waals surface area contributed by atoms with Gasteiger partial charge in [-0.25, -0.2) is 0 Å². The molecule has 0 aliphatic carbocycles. The van der Waals surface area contributed by atoms with E-state index < -0.39 is 0 Å². The lowest BCUT2D eigenvalue weighted by molar-refractivity contribution is 0.423. The van der Waals surface area contributed by atoms with Crippen molar-refractivity contribution in [1.82, 2.24) is 4.90 Å². The summed E-state index contributed by atoms with van der Waals surface area (Å²) in [5.41, 5.74) is 3.16. The highest BCUT2D eigenvalue weighted by Gasteiger charge is 2.10. The minimum Gasteiger partial charge on any atom is -0.305 e. The van der Waals surface area contributed by atoms with Gasteiger partial charge in [0.15, 0.2) is 0 Å². The van der Waals surface area contributed by atoms with Crippen LogP contribution in [0.2, 0.25) is 0 Å². The van der Waals surface area contributed by atoms with Crippen LogP contribution >= 0.6 is 0 Å². The Hall–Kier alpha value is -0.300. The fraction of sp³-hybridized carbons (Fsp3) is 0.833. The summed E-state index contributed by atoms with van der Waals surface area (Å²) in [6.45, 7) is 12.5. The summed E-state index contributed by atoms with van der Waals surface area (Å²) in [4.78, 5) is 2.25. The third-order valence-corrected chi connectivity index (χ3v) is 2.56. The second-order valence-electron chi connectivity index (χ2n) is 4.76. The molecule has 0 aliphatic rings. The first-order chi connectivity index (χ1) is 5.86. The van der Waals surface area contributed by atoms with Crippen LogP contribution in [0.4, 0.5) is 0 Å². The Kier molecular flexibility index (Phi) is 5.31. The van der Waals surface area contributed by atoms with E-state index in [4.69, 9.17) is 0 Å². The lowest BCUT2D eigenvalue weighted by Crippen LogP contribution is -2.19. The molecule has 0 radical (unpaired) electrons. The van der Waals surface area contributed by atoms with Crippen molar-refractivity contribution in [1.29, 1.82) is 0 Å². The number of allylic oxidation sites excluding steroid dienone is 1.